The highest BCUT2D eigenvalue weighted by Gasteiger charge is 2.39. The van der Waals surface area contributed by atoms with E-state index in [4.69, 9.17) is 0 Å². The molecule has 0 spiro atoms. The second kappa shape index (κ2) is 4.93. The van der Waals surface area contributed by atoms with Crippen LogP contribution in [0.1, 0.15) is 6.42 Å². The predicted octanol–water partition coefficient (Wildman–Crippen LogP) is 1.14. The van der Waals surface area contributed by atoms with Crippen LogP contribution < -0.4 is 0 Å². The summed E-state index contributed by atoms with van der Waals surface area (Å²) in [5.74, 6) is -11.9. The molecule has 0 bridgehead atoms. The van der Waals surface area contributed by atoms with Gasteiger partial charge in [-0.1, -0.05) is 0 Å². The van der Waals surface area contributed by atoms with Gasteiger partial charge in [-0.15, -0.1) is 0 Å². The molecule has 0 radical (unpaired) electrons. The fourth-order valence-electron chi connectivity index (χ4n) is 1.87. The maximum atomic E-state index is 13.5. The molecule has 1 heterocycles. The molecule has 1 atom stereocenters. The summed E-state index contributed by atoms with van der Waals surface area (Å²) in [5, 5.41) is 9.20. The van der Waals surface area contributed by atoms with Crippen molar-refractivity contribution in [1.82, 2.24) is 4.31 Å². The van der Waals surface area contributed by atoms with E-state index in [1.165, 1.54) is 0 Å². The average Bonchev–Trinajstić information content (AvgIpc) is 2.81. The van der Waals surface area contributed by atoms with Gasteiger partial charge in [0.25, 0.3) is 0 Å². The zero-order chi connectivity index (χ0) is 15.2. The minimum atomic E-state index is -4.92. The lowest BCUT2D eigenvalue weighted by Gasteiger charge is -2.17. The largest absolute Gasteiger partial charge is 0.392 e. The van der Waals surface area contributed by atoms with Gasteiger partial charge in [-0.2, -0.15) is 4.31 Å². The van der Waals surface area contributed by atoms with E-state index in [1.807, 2.05) is 0 Å². The second-order valence-corrected chi connectivity index (χ2v) is 6.08. The number of nitrogens with zero attached hydrogens (tertiary/aromatic N) is 1. The average molecular weight is 317 g/mol. The molecule has 1 N–H and O–H groups in total. The molecule has 2 rings (SSSR count). The highest BCUT2D eigenvalue weighted by atomic mass is 32.2. The van der Waals surface area contributed by atoms with Crippen LogP contribution in [0.4, 0.5) is 22.0 Å². The van der Waals surface area contributed by atoms with Gasteiger partial charge in [-0.25, -0.2) is 30.4 Å². The molecular weight excluding hydrogens is 309 g/mol. The van der Waals surface area contributed by atoms with Crippen molar-refractivity contribution in [2.24, 2.45) is 0 Å². The van der Waals surface area contributed by atoms with E-state index in [1.54, 1.807) is 0 Å². The first-order chi connectivity index (χ1) is 9.17. The summed E-state index contributed by atoms with van der Waals surface area (Å²) in [6.07, 6.45) is -1.04. The molecule has 1 saturated heterocycles. The topological polar surface area (TPSA) is 57.6 Å². The summed E-state index contributed by atoms with van der Waals surface area (Å²) in [4.78, 5) is -1.90. The third-order valence-electron chi connectivity index (χ3n) is 2.89. The molecule has 1 aromatic carbocycles. The number of β-amino-alcohol motifs (C(OH)–C–C–N with tert-alkyl or cyclic N) is 1. The fourth-order valence-corrected chi connectivity index (χ4v) is 3.47. The van der Waals surface area contributed by atoms with E-state index < -0.39 is 56.7 Å². The number of halogens is 5. The molecule has 0 aromatic heterocycles. The number of benzene rings is 1. The molecule has 0 amide bonds. The first-order valence-electron chi connectivity index (χ1n) is 5.37. The minimum absolute atomic E-state index is 0.00856. The molecule has 1 aromatic rings. The van der Waals surface area contributed by atoms with Gasteiger partial charge in [0.05, 0.1) is 6.10 Å². The molecule has 0 saturated carbocycles. The van der Waals surface area contributed by atoms with Gasteiger partial charge in [0.15, 0.2) is 28.2 Å². The minimum Gasteiger partial charge on any atom is -0.392 e. The lowest BCUT2D eigenvalue weighted by molar-refractivity contribution is 0.189. The van der Waals surface area contributed by atoms with Crippen molar-refractivity contribution in [3.05, 3.63) is 29.1 Å². The Kier molecular flexibility index (Phi) is 3.73. The molecule has 1 aliphatic rings. The zero-order valence-corrected chi connectivity index (χ0v) is 10.5. The standard InChI is InChI=1S/C10H8F5NO3S/c11-5-6(12)8(14)10(9(15)7(5)13)20(18,19)16-2-1-4(17)3-16/h4,17H,1-3H2/t4-/m0/s1. The number of aliphatic hydroxyl groups is 1. The molecular formula is C10H8F5NO3S. The maximum absolute atomic E-state index is 13.5. The Balaban J connectivity index is 2.64. The van der Waals surface area contributed by atoms with Crippen LogP contribution in [0, 0.1) is 29.1 Å². The van der Waals surface area contributed by atoms with Crippen LogP contribution >= 0.6 is 0 Å². The Morgan fingerprint density at radius 1 is 0.950 bits per heavy atom. The highest BCUT2D eigenvalue weighted by Crippen LogP contribution is 2.30. The number of rotatable bonds is 2. The van der Waals surface area contributed by atoms with E-state index in [9.17, 15) is 35.5 Å². The molecule has 20 heavy (non-hydrogen) atoms. The summed E-state index contributed by atoms with van der Waals surface area (Å²) < 4.78 is 90.1. The number of hydrogen-bond donors (Lipinski definition) is 1. The third-order valence-corrected chi connectivity index (χ3v) is 4.78. The van der Waals surface area contributed by atoms with Gasteiger partial charge in [0.1, 0.15) is 0 Å². The first-order valence-corrected chi connectivity index (χ1v) is 6.81. The Bertz CT molecular complexity index is 634. The van der Waals surface area contributed by atoms with E-state index in [0.717, 1.165) is 0 Å². The Labute approximate surface area is 110 Å². The van der Waals surface area contributed by atoms with Gasteiger partial charge in [-0.3, -0.25) is 0 Å². The monoisotopic (exact) mass is 317 g/mol. The smallest absolute Gasteiger partial charge is 0.249 e. The summed E-state index contributed by atoms with van der Waals surface area (Å²) >= 11 is 0. The summed E-state index contributed by atoms with van der Waals surface area (Å²) in [5.41, 5.74) is 0. The van der Waals surface area contributed by atoms with E-state index in [0.29, 0.717) is 4.31 Å². The molecule has 4 nitrogen and oxygen atoms in total. The maximum Gasteiger partial charge on any atom is 0.249 e. The number of sulfonamides is 1. The van der Waals surface area contributed by atoms with Gasteiger partial charge in [0.2, 0.25) is 15.8 Å². The molecule has 0 unspecified atom stereocenters. The zero-order valence-electron chi connectivity index (χ0n) is 9.71. The van der Waals surface area contributed by atoms with Crippen LogP contribution in [0.15, 0.2) is 4.90 Å². The van der Waals surface area contributed by atoms with Gasteiger partial charge >= 0.3 is 0 Å². The lowest BCUT2D eigenvalue weighted by atomic mass is 10.3. The van der Waals surface area contributed by atoms with Crippen LogP contribution in [0.25, 0.3) is 0 Å². The van der Waals surface area contributed by atoms with Gasteiger partial charge < -0.3 is 5.11 Å². The highest BCUT2D eigenvalue weighted by molar-refractivity contribution is 7.89. The van der Waals surface area contributed by atoms with Crippen LogP contribution in [-0.2, 0) is 10.0 Å². The fraction of sp³-hybridized carbons (Fsp3) is 0.400. The van der Waals surface area contributed by atoms with Crippen molar-refractivity contribution in [2.75, 3.05) is 13.1 Å². The molecule has 112 valence electrons. The Morgan fingerprint density at radius 3 is 1.80 bits per heavy atom. The molecule has 10 heteroatoms. The van der Waals surface area contributed by atoms with E-state index in [-0.39, 0.29) is 13.0 Å². The van der Waals surface area contributed by atoms with Crippen molar-refractivity contribution in [1.29, 1.82) is 0 Å². The molecule has 0 aliphatic carbocycles. The van der Waals surface area contributed by atoms with Crippen LogP contribution in [0.5, 0.6) is 0 Å². The first kappa shape index (κ1) is 15.1. The van der Waals surface area contributed by atoms with Crippen LogP contribution in [-0.4, -0.2) is 37.0 Å². The van der Waals surface area contributed by atoms with Crippen molar-refractivity contribution >= 4 is 10.0 Å². The summed E-state index contributed by atoms with van der Waals surface area (Å²) in [7, 11) is -4.92. The Hall–Kier alpha value is -1.26. The second-order valence-electron chi connectivity index (χ2n) is 4.20. The third kappa shape index (κ3) is 2.17. The van der Waals surface area contributed by atoms with Gasteiger partial charge in [0, 0.05) is 13.1 Å². The Morgan fingerprint density at radius 2 is 1.40 bits per heavy atom. The normalized spacial score (nSPS) is 20.6. The van der Waals surface area contributed by atoms with Crippen molar-refractivity contribution in [3.63, 3.8) is 0 Å². The van der Waals surface area contributed by atoms with Gasteiger partial charge in [-0.05, 0) is 6.42 Å². The van der Waals surface area contributed by atoms with Crippen molar-refractivity contribution in [3.8, 4) is 0 Å². The van der Waals surface area contributed by atoms with Crippen molar-refractivity contribution < 1.29 is 35.5 Å². The quantitative estimate of drug-likeness (QED) is 0.505. The number of aliphatic hydroxyl groups excluding tert-OH is 1. The van der Waals surface area contributed by atoms with Crippen molar-refractivity contribution in [2.45, 2.75) is 17.4 Å². The van der Waals surface area contributed by atoms with E-state index >= 15 is 0 Å². The predicted molar refractivity (Wildman–Crippen MR) is 55.6 cm³/mol. The SMILES string of the molecule is O=S(=O)(c1c(F)c(F)c(F)c(F)c1F)N1CC[C@H](O)C1. The number of hydrogen-bond acceptors (Lipinski definition) is 3. The van der Waals surface area contributed by atoms with Crippen LogP contribution in [0.3, 0.4) is 0 Å². The summed E-state index contributed by atoms with van der Waals surface area (Å²) in [6, 6.07) is 0. The lowest BCUT2D eigenvalue weighted by Crippen LogP contribution is -2.32. The summed E-state index contributed by atoms with van der Waals surface area (Å²) in [6.45, 7) is -0.745. The van der Waals surface area contributed by atoms with E-state index in [2.05, 4.69) is 0 Å². The van der Waals surface area contributed by atoms with Crippen LogP contribution in [0.2, 0.25) is 0 Å². The molecule has 1 aliphatic heterocycles. The molecule has 1 fully saturated rings.